The largest absolute Gasteiger partial charge is 0.136 e. The average molecular weight is 155 g/mol. The molecule has 1 heterocycles. The number of hydrogen-bond donors (Lipinski definition) is 0. The minimum absolute atomic E-state index is 0.599. The van der Waals surface area contributed by atoms with Crippen LogP contribution >= 0.6 is 0 Å². The average Bonchev–Trinajstić information content (AvgIpc) is 2.36. The van der Waals surface area contributed by atoms with Crippen molar-refractivity contribution >= 4 is 10.9 Å². The van der Waals surface area contributed by atoms with Gasteiger partial charge in [-0.3, -0.25) is 0 Å². The van der Waals surface area contributed by atoms with Crippen molar-refractivity contribution in [3.8, 4) is 0 Å². The van der Waals surface area contributed by atoms with E-state index in [0.717, 1.165) is 5.25 Å². The first kappa shape index (κ1) is 7.93. The third kappa shape index (κ3) is 1.66. The fourth-order valence-electron chi connectivity index (χ4n) is 1.40. The monoisotopic (exact) mass is 155 g/mol. The Kier molecular flexibility index (Phi) is 3.07. The zero-order valence-corrected chi connectivity index (χ0v) is 7.20. The normalized spacial score (nSPS) is 32.0. The van der Waals surface area contributed by atoms with Gasteiger partial charge in [0, 0.05) is 6.42 Å². The predicted molar refractivity (Wildman–Crippen MR) is 50.5 cm³/mol. The smallest absolute Gasteiger partial charge is 0.0985 e. The fourth-order valence-corrected chi connectivity index (χ4v) is 3.73. The molecule has 0 saturated carbocycles. The molecule has 0 radical (unpaired) electrons. The summed E-state index contributed by atoms with van der Waals surface area (Å²) in [5.74, 6) is 2.61. The zero-order chi connectivity index (χ0) is 7.40. The molecule has 0 bridgehead atoms. The predicted octanol–water partition coefficient (Wildman–Crippen LogP) is 2.14. The van der Waals surface area contributed by atoms with Crippen LogP contribution in [-0.4, -0.2) is 16.8 Å². The van der Waals surface area contributed by atoms with Crippen molar-refractivity contribution in [2.75, 3.05) is 11.5 Å². The molecule has 0 spiro atoms. The van der Waals surface area contributed by atoms with Crippen molar-refractivity contribution in [1.82, 2.24) is 0 Å². The summed E-state index contributed by atoms with van der Waals surface area (Å²) >= 11 is 0. The lowest BCUT2D eigenvalue weighted by Crippen LogP contribution is -2.16. The van der Waals surface area contributed by atoms with Gasteiger partial charge in [-0.15, -0.1) is 0 Å². The molecule has 2 unspecified atom stereocenters. The van der Waals surface area contributed by atoms with E-state index < -0.39 is 0 Å². The highest BCUT2D eigenvalue weighted by Gasteiger charge is 2.32. The minimum Gasteiger partial charge on any atom is -0.0985 e. The Morgan fingerprint density at radius 3 is 2.90 bits per heavy atom. The molecule has 10 heavy (non-hydrogen) atoms. The summed E-state index contributed by atoms with van der Waals surface area (Å²) in [7, 11) is 0.599. The lowest BCUT2D eigenvalue weighted by molar-refractivity contribution is 0.881. The zero-order valence-electron chi connectivity index (χ0n) is 6.38. The van der Waals surface area contributed by atoms with E-state index in [4.69, 9.17) is 0 Å². The Morgan fingerprint density at radius 2 is 2.30 bits per heavy atom. The summed E-state index contributed by atoms with van der Waals surface area (Å²) < 4.78 is 0. The molecule has 1 fully saturated rings. The van der Waals surface area contributed by atoms with Gasteiger partial charge in [-0.1, -0.05) is 13.2 Å². The maximum Gasteiger partial charge on any atom is 0.136 e. The van der Waals surface area contributed by atoms with Crippen LogP contribution in [0.25, 0.3) is 0 Å². The summed E-state index contributed by atoms with van der Waals surface area (Å²) in [6, 6.07) is 0. The Hall–Kier alpha value is -0.170. The van der Waals surface area contributed by atoms with Gasteiger partial charge in [-0.2, -0.15) is 0 Å². The van der Waals surface area contributed by atoms with E-state index in [2.05, 4.69) is 19.2 Å². The van der Waals surface area contributed by atoms with E-state index in [0.29, 0.717) is 10.9 Å². The first-order valence-corrected chi connectivity index (χ1v) is 5.41. The van der Waals surface area contributed by atoms with Gasteiger partial charge in [-0.25, -0.2) is 0 Å². The van der Waals surface area contributed by atoms with Gasteiger partial charge >= 0.3 is 0 Å². The topological polar surface area (TPSA) is 0 Å². The second kappa shape index (κ2) is 3.87. The fraction of sp³-hybridized carbons (Fsp3) is 0.556. The van der Waals surface area contributed by atoms with Crippen LogP contribution in [0.3, 0.4) is 0 Å². The lowest BCUT2D eigenvalue weighted by Gasteiger charge is -2.02. The molecule has 1 aliphatic rings. The van der Waals surface area contributed by atoms with E-state index in [1.807, 2.05) is 6.08 Å². The Morgan fingerprint density at radius 1 is 1.50 bits per heavy atom. The van der Waals surface area contributed by atoms with E-state index in [9.17, 15) is 0 Å². The molecule has 0 amide bonds. The Labute approximate surface area is 66.4 Å². The molecule has 1 heteroatoms. The standard InChI is InChI=1S/C9H15S/c1-3-7-10-8-5-6-9(10)4-2/h3-4,9H,1-2,5-8H2/q+1. The van der Waals surface area contributed by atoms with Crippen LogP contribution < -0.4 is 0 Å². The molecule has 0 nitrogen and oxygen atoms in total. The van der Waals surface area contributed by atoms with Gasteiger partial charge < -0.3 is 0 Å². The van der Waals surface area contributed by atoms with Crippen molar-refractivity contribution in [2.45, 2.75) is 18.1 Å². The molecule has 0 aromatic carbocycles. The van der Waals surface area contributed by atoms with E-state index in [-0.39, 0.29) is 0 Å². The molecular formula is C9H15S+. The molecule has 1 aliphatic heterocycles. The third-order valence-corrected chi connectivity index (χ3v) is 4.68. The summed E-state index contributed by atoms with van der Waals surface area (Å²) in [6.07, 6.45) is 6.93. The van der Waals surface area contributed by atoms with Crippen molar-refractivity contribution in [3.63, 3.8) is 0 Å². The second-order valence-electron chi connectivity index (χ2n) is 2.61. The SMILES string of the molecule is C=CC[S+]1CCCC1C=C. The molecule has 0 N–H and O–H groups in total. The van der Waals surface area contributed by atoms with Crippen molar-refractivity contribution in [3.05, 3.63) is 25.3 Å². The maximum atomic E-state index is 3.85. The van der Waals surface area contributed by atoms with Crippen LogP contribution in [0, 0.1) is 0 Å². The van der Waals surface area contributed by atoms with Gasteiger partial charge in [0.05, 0.1) is 0 Å². The Bertz CT molecular complexity index is 129. The van der Waals surface area contributed by atoms with Gasteiger partial charge in [0.25, 0.3) is 0 Å². The van der Waals surface area contributed by atoms with Crippen LogP contribution in [0.5, 0.6) is 0 Å². The third-order valence-electron chi connectivity index (χ3n) is 1.92. The van der Waals surface area contributed by atoms with Crippen LogP contribution in [-0.2, 0) is 10.9 Å². The highest BCUT2D eigenvalue weighted by molar-refractivity contribution is 7.97. The molecule has 2 atom stereocenters. The molecule has 0 aromatic heterocycles. The quantitative estimate of drug-likeness (QED) is 0.433. The van der Waals surface area contributed by atoms with Crippen molar-refractivity contribution in [1.29, 1.82) is 0 Å². The summed E-state index contributed by atoms with van der Waals surface area (Å²) in [5, 5.41) is 0.804. The summed E-state index contributed by atoms with van der Waals surface area (Å²) in [5.41, 5.74) is 0. The van der Waals surface area contributed by atoms with Crippen LogP contribution in [0.2, 0.25) is 0 Å². The van der Waals surface area contributed by atoms with Gasteiger partial charge in [0.15, 0.2) is 0 Å². The van der Waals surface area contributed by atoms with Crippen molar-refractivity contribution in [2.24, 2.45) is 0 Å². The van der Waals surface area contributed by atoms with Gasteiger partial charge in [-0.05, 0) is 29.5 Å². The molecular weight excluding hydrogens is 140 g/mol. The molecule has 1 saturated heterocycles. The number of hydrogen-bond acceptors (Lipinski definition) is 0. The molecule has 56 valence electrons. The summed E-state index contributed by atoms with van der Waals surface area (Å²) in [4.78, 5) is 0. The molecule has 0 aromatic rings. The first-order valence-electron chi connectivity index (χ1n) is 3.78. The van der Waals surface area contributed by atoms with Crippen LogP contribution in [0.4, 0.5) is 0 Å². The number of rotatable bonds is 3. The van der Waals surface area contributed by atoms with Gasteiger partial charge in [0.1, 0.15) is 16.8 Å². The van der Waals surface area contributed by atoms with Crippen molar-refractivity contribution < 1.29 is 0 Å². The van der Waals surface area contributed by atoms with E-state index >= 15 is 0 Å². The lowest BCUT2D eigenvalue weighted by atomic mass is 10.2. The van der Waals surface area contributed by atoms with E-state index in [1.54, 1.807) is 0 Å². The van der Waals surface area contributed by atoms with Crippen LogP contribution in [0.1, 0.15) is 12.8 Å². The highest BCUT2D eigenvalue weighted by atomic mass is 32.2. The first-order chi connectivity index (χ1) is 4.88. The maximum absolute atomic E-state index is 3.85. The van der Waals surface area contributed by atoms with E-state index in [1.165, 1.54) is 24.3 Å². The van der Waals surface area contributed by atoms with Crippen LogP contribution in [0.15, 0.2) is 25.3 Å². The highest BCUT2D eigenvalue weighted by Crippen LogP contribution is 2.23. The van der Waals surface area contributed by atoms with Gasteiger partial charge in [0.2, 0.25) is 0 Å². The second-order valence-corrected chi connectivity index (χ2v) is 5.04. The minimum atomic E-state index is 0.599. The molecule has 0 aliphatic carbocycles. The molecule has 1 rings (SSSR count). The Balaban J connectivity index is 2.41. The summed E-state index contributed by atoms with van der Waals surface area (Å²) in [6.45, 7) is 7.61.